The maximum atomic E-state index is 11.5. The minimum Gasteiger partial charge on any atom is -0.469 e. The first-order valence-electron chi connectivity index (χ1n) is 9.98. The standard InChI is InChI=1S/C20H39NO3/c1-3-4-5-6-9-12-15-18(20(21)23)16-13-10-7-8-11-14-17-19(22)24-2/h18H,3-17H2,1-2H3,(H2,21,23). The minimum atomic E-state index is -0.123. The van der Waals surface area contributed by atoms with Crippen LogP contribution in [-0.2, 0) is 14.3 Å². The highest BCUT2D eigenvalue weighted by molar-refractivity contribution is 5.76. The third-order valence-electron chi connectivity index (χ3n) is 4.72. The zero-order chi connectivity index (χ0) is 18.0. The first-order chi connectivity index (χ1) is 11.6. The molecule has 1 amide bonds. The first kappa shape index (κ1) is 22.9. The van der Waals surface area contributed by atoms with E-state index < -0.39 is 0 Å². The number of nitrogens with two attached hydrogens (primary N) is 1. The molecule has 0 aliphatic carbocycles. The molecule has 0 fully saturated rings. The van der Waals surface area contributed by atoms with Crippen LogP contribution in [0.15, 0.2) is 0 Å². The average molecular weight is 342 g/mol. The molecule has 1 unspecified atom stereocenters. The van der Waals surface area contributed by atoms with E-state index in [0.717, 1.165) is 51.4 Å². The first-order valence-corrected chi connectivity index (χ1v) is 9.98. The van der Waals surface area contributed by atoms with Crippen molar-refractivity contribution >= 4 is 11.9 Å². The zero-order valence-electron chi connectivity index (χ0n) is 16.0. The molecule has 0 saturated heterocycles. The Morgan fingerprint density at radius 2 is 1.25 bits per heavy atom. The molecule has 4 heteroatoms. The number of ether oxygens (including phenoxy) is 1. The Labute approximate surface area is 148 Å². The van der Waals surface area contributed by atoms with Crippen molar-refractivity contribution in [1.29, 1.82) is 0 Å². The lowest BCUT2D eigenvalue weighted by Crippen LogP contribution is -2.23. The van der Waals surface area contributed by atoms with Gasteiger partial charge >= 0.3 is 5.97 Å². The van der Waals surface area contributed by atoms with Gasteiger partial charge in [0.15, 0.2) is 0 Å². The fraction of sp³-hybridized carbons (Fsp3) is 0.900. The van der Waals surface area contributed by atoms with Crippen molar-refractivity contribution in [3.05, 3.63) is 0 Å². The van der Waals surface area contributed by atoms with Crippen LogP contribution in [0.3, 0.4) is 0 Å². The van der Waals surface area contributed by atoms with Gasteiger partial charge in [0, 0.05) is 12.3 Å². The van der Waals surface area contributed by atoms with E-state index >= 15 is 0 Å². The third kappa shape index (κ3) is 14.5. The molecule has 0 rings (SSSR count). The second-order valence-corrected chi connectivity index (χ2v) is 6.89. The van der Waals surface area contributed by atoms with Crippen LogP contribution in [0.25, 0.3) is 0 Å². The van der Waals surface area contributed by atoms with E-state index in [4.69, 9.17) is 5.73 Å². The summed E-state index contributed by atoms with van der Waals surface area (Å²) in [6, 6.07) is 0. The minimum absolute atomic E-state index is 0.0653. The Morgan fingerprint density at radius 3 is 1.71 bits per heavy atom. The van der Waals surface area contributed by atoms with Crippen molar-refractivity contribution in [2.45, 2.75) is 103 Å². The summed E-state index contributed by atoms with van der Waals surface area (Å²) < 4.78 is 4.62. The number of carbonyl (C=O) groups excluding carboxylic acids is 2. The second-order valence-electron chi connectivity index (χ2n) is 6.89. The van der Waals surface area contributed by atoms with Crippen molar-refractivity contribution in [3.63, 3.8) is 0 Å². The summed E-state index contributed by atoms with van der Waals surface area (Å²) >= 11 is 0. The van der Waals surface area contributed by atoms with Crippen molar-refractivity contribution in [1.82, 2.24) is 0 Å². The van der Waals surface area contributed by atoms with Crippen molar-refractivity contribution in [2.75, 3.05) is 7.11 Å². The Balaban J connectivity index is 3.54. The van der Waals surface area contributed by atoms with E-state index in [1.165, 1.54) is 45.6 Å². The average Bonchev–Trinajstić information content (AvgIpc) is 2.57. The lowest BCUT2D eigenvalue weighted by atomic mass is 9.93. The Bertz CT molecular complexity index is 318. The van der Waals surface area contributed by atoms with Crippen LogP contribution >= 0.6 is 0 Å². The summed E-state index contributed by atoms with van der Waals surface area (Å²) in [4.78, 5) is 22.5. The fourth-order valence-electron chi connectivity index (χ4n) is 3.07. The number of hydrogen-bond acceptors (Lipinski definition) is 3. The second kappa shape index (κ2) is 16.8. The highest BCUT2D eigenvalue weighted by Gasteiger charge is 2.14. The van der Waals surface area contributed by atoms with E-state index in [1.54, 1.807) is 0 Å². The van der Waals surface area contributed by atoms with Gasteiger partial charge in [-0.25, -0.2) is 0 Å². The van der Waals surface area contributed by atoms with Gasteiger partial charge < -0.3 is 10.5 Å². The van der Waals surface area contributed by atoms with Crippen molar-refractivity contribution < 1.29 is 14.3 Å². The third-order valence-corrected chi connectivity index (χ3v) is 4.72. The number of unbranched alkanes of at least 4 members (excludes halogenated alkanes) is 10. The summed E-state index contributed by atoms with van der Waals surface area (Å²) in [6.45, 7) is 2.22. The molecule has 24 heavy (non-hydrogen) atoms. The number of esters is 1. The van der Waals surface area contributed by atoms with Crippen LogP contribution in [0.1, 0.15) is 103 Å². The molecule has 0 aliphatic rings. The molecule has 2 N–H and O–H groups in total. The van der Waals surface area contributed by atoms with Gasteiger partial charge in [-0.1, -0.05) is 77.6 Å². The molecular formula is C20H39NO3. The molecule has 0 spiro atoms. The molecular weight excluding hydrogens is 302 g/mol. The summed E-state index contributed by atoms with van der Waals surface area (Å²) in [5.74, 6) is -0.175. The van der Waals surface area contributed by atoms with Gasteiger partial charge in [0.25, 0.3) is 0 Å². The predicted octanol–water partition coefficient (Wildman–Crippen LogP) is 5.13. The van der Waals surface area contributed by atoms with Gasteiger partial charge in [-0.05, 0) is 19.3 Å². The number of carbonyl (C=O) groups is 2. The van der Waals surface area contributed by atoms with Gasteiger partial charge in [-0.2, -0.15) is 0 Å². The van der Waals surface area contributed by atoms with Gasteiger partial charge in [-0.15, -0.1) is 0 Å². The van der Waals surface area contributed by atoms with Crippen LogP contribution in [0.5, 0.6) is 0 Å². The van der Waals surface area contributed by atoms with Gasteiger partial charge in [0.05, 0.1) is 7.11 Å². The molecule has 4 nitrogen and oxygen atoms in total. The molecule has 0 aliphatic heterocycles. The van der Waals surface area contributed by atoms with Gasteiger partial charge in [0.1, 0.15) is 0 Å². The van der Waals surface area contributed by atoms with Crippen LogP contribution in [0, 0.1) is 5.92 Å². The summed E-state index contributed by atoms with van der Waals surface area (Å²) in [6.07, 6.45) is 16.5. The normalized spacial score (nSPS) is 12.1. The number of rotatable bonds is 17. The Hall–Kier alpha value is -1.06. The molecule has 0 aromatic heterocycles. The van der Waals surface area contributed by atoms with Crippen LogP contribution in [-0.4, -0.2) is 19.0 Å². The quantitative estimate of drug-likeness (QED) is 0.294. The lowest BCUT2D eigenvalue weighted by molar-refractivity contribution is -0.140. The SMILES string of the molecule is CCCCCCCCC(CCCCCCCCC(=O)OC)C(N)=O. The van der Waals surface area contributed by atoms with Crippen molar-refractivity contribution in [2.24, 2.45) is 11.7 Å². The largest absolute Gasteiger partial charge is 0.469 e. The molecule has 0 aromatic rings. The lowest BCUT2D eigenvalue weighted by Gasteiger charge is -2.13. The van der Waals surface area contributed by atoms with Crippen LogP contribution in [0.2, 0.25) is 0 Å². The van der Waals surface area contributed by atoms with E-state index in [9.17, 15) is 9.59 Å². The molecule has 142 valence electrons. The highest BCUT2D eigenvalue weighted by Crippen LogP contribution is 2.19. The number of primary amides is 1. The Morgan fingerprint density at radius 1 is 0.792 bits per heavy atom. The van der Waals surface area contributed by atoms with E-state index in [2.05, 4.69) is 11.7 Å². The fourth-order valence-corrected chi connectivity index (χ4v) is 3.07. The molecule has 1 atom stereocenters. The summed E-state index contributed by atoms with van der Waals surface area (Å²) in [5.41, 5.74) is 5.54. The predicted molar refractivity (Wildman–Crippen MR) is 99.6 cm³/mol. The smallest absolute Gasteiger partial charge is 0.305 e. The number of amides is 1. The van der Waals surface area contributed by atoms with Crippen LogP contribution < -0.4 is 5.73 Å². The monoisotopic (exact) mass is 341 g/mol. The molecule has 0 heterocycles. The summed E-state index contributed by atoms with van der Waals surface area (Å²) in [7, 11) is 1.43. The number of methoxy groups -OCH3 is 1. The van der Waals surface area contributed by atoms with Gasteiger partial charge in [0.2, 0.25) is 5.91 Å². The molecule has 0 aromatic carbocycles. The topological polar surface area (TPSA) is 69.4 Å². The zero-order valence-corrected chi connectivity index (χ0v) is 16.0. The van der Waals surface area contributed by atoms with Crippen molar-refractivity contribution in [3.8, 4) is 0 Å². The highest BCUT2D eigenvalue weighted by atomic mass is 16.5. The van der Waals surface area contributed by atoms with Gasteiger partial charge in [-0.3, -0.25) is 9.59 Å². The molecule has 0 bridgehead atoms. The number of hydrogen-bond donors (Lipinski definition) is 1. The molecule has 0 radical (unpaired) electrons. The van der Waals surface area contributed by atoms with E-state index in [-0.39, 0.29) is 17.8 Å². The van der Waals surface area contributed by atoms with Crippen LogP contribution in [0.4, 0.5) is 0 Å². The summed E-state index contributed by atoms with van der Waals surface area (Å²) in [5, 5.41) is 0. The van der Waals surface area contributed by atoms with E-state index in [0.29, 0.717) is 6.42 Å². The van der Waals surface area contributed by atoms with E-state index in [1.807, 2.05) is 0 Å². The molecule has 0 saturated carbocycles. The maximum Gasteiger partial charge on any atom is 0.305 e. The Kier molecular flexibility index (Phi) is 16.0. The maximum absolute atomic E-state index is 11.5.